The molecule has 27 heavy (non-hydrogen) atoms. The number of fused-ring (bicyclic) bond motifs is 3. The van der Waals surface area contributed by atoms with Crippen LogP contribution in [0.15, 0.2) is 65.3 Å². The van der Waals surface area contributed by atoms with Gasteiger partial charge in [0.25, 0.3) is 11.8 Å². The van der Waals surface area contributed by atoms with Gasteiger partial charge in [-0.2, -0.15) is 0 Å². The molecule has 1 aliphatic rings. The molecule has 0 unspecified atom stereocenters. The summed E-state index contributed by atoms with van der Waals surface area (Å²) in [7, 11) is 0. The van der Waals surface area contributed by atoms with Crippen molar-refractivity contribution < 1.29 is 18.8 Å². The number of carbonyl (C=O) groups is 3. The SMILES string of the molecule is O=C(NCCNC(=O)c1ccco1)c1ccc2c(c1)C(=O)c1ccccc1-2. The molecule has 0 atom stereocenters. The summed E-state index contributed by atoms with van der Waals surface area (Å²) in [5, 5.41) is 5.38. The van der Waals surface area contributed by atoms with Crippen molar-refractivity contribution in [3.05, 3.63) is 83.3 Å². The van der Waals surface area contributed by atoms with Gasteiger partial charge in [0.1, 0.15) is 0 Å². The predicted octanol–water partition coefficient (Wildman–Crippen LogP) is 2.65. The van der Waals surface area contributed by atoms with Gasteiger partial charge < -0.3 is 15.1 Å². The van der Waals surface area contributed by atoms with Crippen LogP contribution < -0.4 is 10.6 Å². The lowest BCUT2D eigenvalue weighted by atomic mass is 10.0. The van der Waals surface area contributed by atoms with Gasteiger partial charge in [-0.1, -0.05) is 30.3 Å². The lowest BCUT2D eigenvalue weighted by molar-refractivity contribution is 0.0910. The molecule has 1 heterocycles. The van der Waals surface area contributed by atoms with E-state index in [0.29, 0.717) is 16.7 Å². The van der Waals surface area contributed by atoms with E-state index in [1.165, 1.54) is 6.26 Å². The Hall–Kier alpha value is -3.67. The van der Waals surface area contributed by atoms with E-state index >= 15 is 0 Å². The molecule has 0 spiro atoms. The largest absolute Gasteiger partial charge is 0.459 e. The molecule has 0 aliphatic heterocycles. The third-order valence-corrected chi connectivity index (χ3v) is 4.43. The molecule has 0 saturated carbocycles. The number of benzene rings is 2. The molecule has 0 saturated heterocycles. The molecular formula is C21H16N2O4. The van der Waals surface area contributed by atoms with Crippen LogP contribution in [0.1, 0.15) is 36.8 Å². The van der Waals surface area contributed by atoms with Crippen molar-refractivity contribution in [2.24, 2.45) is 0 Å². The van der Waals surface area contributed by atoms with Gasteiger partial charge in [-0.3, -0.25) is 14.4 Å². The summed E-state index contributed by atoms with van der Waals surface area (Å²) in [6, 6.07) is 15.7. The van der Waals surface area contributed by atoms with Crippen molar-refractivity contribution >= 4 is 17.6 Å². The standard InChI is InChI=1S/C21H16N2O4/c24-19-16-5-2-1-4-14(16)15-8-7-13(12-17(15)19)20(25)22-9-10-23-21(26)18-6-3-11-27-18/h1-8,11-12H,9-10H2,(H,22,25)(H,23,26). The van der Waals surface area contributed by atoms with Crippen LogP contribution in [-0.2, 0) is 0 Å². The molecule has 4 rings (SSSR count). The minimum absolute atomic E-state index is 0.0686. The van der Waals surface area contributed by atoms with Crippen LogP contribution in [-0.4, -0.2) is 30.7 Å². The van der Waals surface area contributed by atoms with Crippen molar-refractivity contribution in [2.75, 3.05) is 13.1 Å². The monoisotopic (exact) mass is 360 g/mol. The molecule has 6 nitrogen and oxygen atoms in total. The fourth-order valence-electron chi connectivity index (χ4n) is 3.12. The highest BCUT2D eigenvalue weighted by molar-refractivity contribution is 6.22. The van der Waals surface area contributed by atoms with Crippen LogP contribution in [0.5, 0.6) is 0 Å². The number of nitrogens with one attached hydrogen (secondary N) is 2. The van der Waals surface area contributed by atoms with E-state index in [0.717, 1.165) is 11.1 Å². The molecule has 0 fully saturated rings. The minimum Gasteiger partial charge on any atom is -0.459 e. The smallest absolute Gasteiger partial charge is 0.287 e. The second kappa shape index (κ2) is 6.92. The number of ketones is 1. The number of hydrogen-bond donors (Lipinski definition) is 2. The molecule has 134 valence electrons. The van der Waals surface area contributed by atoms with Gasteiger partial charge in [0, 0.05) is 29.8 Å². The molecule has 0 radical (unpaired) electrons. The van der Waals surface area contributed by atoms with Gasteiger partial charge in [0.05, 0.1) is 6.26 Å². The highest BCUT2D eigenvalue weighted by atomic mass is 16.3. The Balaban J connectivity index is 1.38. The van der Waals surface area contributed by atoms with Gasteiger partial charge in [-0.15, -0.1) is 0 Å². The fraction of sp³-hybridized carbons (Fsp3) is 0.0952. The van der Waals surface area contributed by atoms with Crippen molar-refractivity contribution in [3.8, 4) is 11.1 Å². The summed E-state index contributed by atoms with van der Waals surface area (Å²) < 4.78 is 4.99. The maximum absolute atomic E-state index is 12.5. The Morgan fingerprint density at radius 2 is 1.48 bits per heavy atom. The zero-order valence-electron chi connectivity index (χ0n) is 14.3. The minimum atomic E-state index is -0.338. The number of carbonyl (C=O) groups excluding carboxylic acids is 3. The van der Waals surface area contributed by atoms with Gasteiger partial charge in [-0.05, 0) is 35.4 Å². The van der Waals surface area contributed by atoms with Crippen LogP contribution in [0.25, 0.3) is 11.1 Å². The van der Waals surface area contributed by atoms with Crippen LogP contribution in [0.3, 0.4) is 0 Å². The zero-order valence-corrected chi connectivity index (χ0v) is 14.3. The van der Waals surface area contributed by atoms with Crippen molar-refractivity contribution in [1.29, 1.82) is 0 Å². The maximum Gasteiger partial charge on any atom is 0.287 e. The first-order valence-electron chi connectivity index (χ1n) is 8.53. The lowest BCUT2D eigenvalue weighted by Crippen LogP contribution is -2.34. The van der Waals surface area contributed by atoms with E-state index in [-0.39, 0.29) is 36.4 Å². The van der Waals surface area contributed by atoms with Gasteiger partial charge in [0.2, 0.25) is 0 Å². The van der Waals surface area contributed by atoms with Gasteiger partial charge in [-0.25, -0.2) is 0 Å². The molecule has 6 heteroatoms. The molecule has 0 bridgehead atoms. The highest BCUT2D eigenvalue weighted by Crippen LogP contribution is 2.36. The number of furan rings is 1. The van der Waals surface area contributed by atoms with Crippen LogP contribution >= 0.6 is 0 Å². The maximum atomic E-state index is 12.5. The number of amides is 2. The first kappa shape index (κ1) is 16.8. The zero-order chi connectivity index (χ0) is 18.8. The van der Waals surface area contributed by atoms with E-state index in [9.17, 15) is 14.4 Å². The van der Waals surface area contributed by atoms with Crippen LogP contribution in [0.2, 0.25) is 0 Å². The Bertz CT molecular complexity index is 1040. The molecule has 2 N–H and O–H groups in total. The summed E-state index contributed by atoms with van der Waals surface area (Å²) in [6.07, 6.45) is 1.42. The summed E-state index contributed by atoms with van der Waals surface area (Å²) >= 11 is 0. The van der Waals surface area contributed by atoms with Gasteiger partial charge >= 0.3 is 0 Å². The van der Waals surface area contributed by atoms with E-state index in [1.54, 1.807) is 36.4 Å². The average Bonchev–Trinajstić information content (AvgIpc) is 3.33. The summed E-state index contributed by atoms with van der Waals surface area (Å²) in [4.78, 5) is 36.6. The average molecular weight is 360 g/mol. The Morgan fingerprint density at radius 3 is 2.22 bits per heavy atom. The molecule has 2 amide bonds. The summed E-state index contributed by atoms with van der Waals surface area (Å²) in [5.41, 5.74) is 3.34. The third kappa shape index (κ3) is 3.13. The Morgan fingerprint density at radius 1 is 0.778 bits per heavy atom. The van der Waals surface area contributed by atoms with E-state index < -0.39 is 0 Å². The van der Waals surface area contributed by atoms with Crippen LogP contribution in [0.4, 0.5) is 0 Å². The normalized spacial score (nSPS) is 11.6. The summed E-state index contributed by atoms with van der Waals surface area (Å²) in [6.45, 7) is 0.525. The second-order valence-electron chi connectivity index (χ2n) is 6.12. The fourth-order valence-corrected chi connectivity index (χ4v) is 3.12. The Kier molecular flexibility index (Phi) is 4.30. The molecule has 3 aromatic rings. The van der Waals surface area contributed by atoms with E-state index in [2.05, 4.69) is 10.6 Å². The highest BCUT2D eigenvalue weighted by Gasteiger charge is 2.26. The Labute approximate surface area is 155 Å². The molecular weight excluding hydrogens is 344 g/mol. The number of hydrogen-bond acceptors (Lipinski definition) is 4. The topological polar surface area (TPSA) is 88.4 Å². The third-order valence-electron chi connectivity index (χ3n) is 4.43. The molecule has 2 aromatic carbocycles. The first-order chi connectivity index (χ1) is 13.1. The van der Waals surface area contributed by atoms with E-state index in [4.69, 9.17) is 4.42 Å². The number of rotatable bonds is 5. The second-order valence-corrected chi connectivity index (χ2v) is 6.12. The van der Waals surface area contributed by atoms with E-state index in [1.807, 2.05) is 18.2 Å². The van der Waals surface area contributed by atoms with Crippen molar-refractivity contribution in [1.82, 2.24) is 10.6 Å². The van der Waals surface area contributed by atoms with Crippen LogP contribution in [0, 0.1) is 0 Å². The molecule has 1 aromatic heterocycles. The summed E-state index contributed by atoms with van der Waals surface area (Å²) in [5.74, 6) is -0.483. The lowest BCUT2D eigenvalue weighted by Gasteiger charge is -2.07. The van der Waals surface area contributed by atoms with Crippen molar-refractivity contribution in [2.45, 2.75) is 0 Å². The predicted molar refractivity (Wildman–Crippen MR) is 98.7 cm³/mol. The van der Waals surface area contributed by atoms with Crippen molar-refractivity contribution in [3.63, 3.8) is 0 Å². The first-order valence-corrected chi connectivity index (χ1v) is 8.53. The molecule has 1 aliphatic carbocycles. The van der Waals surface area contributed by atoms with Gasteiger partial charge in [0.15, 0.2) is 11.5 Å². The quantitative estimate of drug-likeness (QED) is 0.536.